The lowest BCUT2D eigenvalue weighted by Crippen LogP contribution is -2.48. The zero-order valence-electron chi connectivity index (χ0n) is 16.4. The Bertz CT molecular complexity index is 660. The predicted octanol–water partition coefficient (Wildman–Crippen LogP) is 4.42. The van der Waals surface area contributed by atoms with Gasteiger partial charge < -0.3 is 9.32 Å². The fraction of sp³-hybridized carbons (Fsp3) is 0.857. The monoisotopic (exact) mass is 389 g/mol. The number of hydrogen-bond acceptors (Lipinski definition) is 5. The van der Waals surface area contributed by atoms with E-state index >= 15 is 0 Å². The SMILES string of the molecule is C[C@H](Sc1nnc(C23CC4CC(CC(C4)C2)C3)o1)C(=O)N1CCCCCC1. The van der Waals surface area contributed by atoms with Crippen molar-refractivity contribution in [2.45, 2.75) is 87.0 Å². The molecule has 4 saturated carbocycles. The zero-order valence-corrected chi connectivity index (χ0v) is 17.2. The third-order valence-electron chi connectivity index (χ3n) is 7.44. The Morgan fingerprint density at radius 3 is 2.22 bits per heavy atom. The van der Waals surface area contributed by atoms with Gasteiger partial charge in [0.15, 0.2) is 0 Å². The van der Waals surface area contributed by atoms with Crippen LogP contribution in [0.2, 0.25) is 0 Å². The fourth-order valence-corrected chi connectivity index (χ4v) is 7.36. The molecule has 1 aliphatic heterocycles. The second kappa shape index (κ2) is 7.09. The van der Waals surface area contributed by atoms with E-state index in [1.54, 1.807) is 0 Å². The molecule has 5 fully saturated rings. The van der Waals surface area contributed by atoms with E-state index in [0.29, 0.717) is 5.22 Å². The highest BCUT2D eigenvalue weighted by Gasteiger charge is 2.54. The van der Waals surface area contributed by atoms with Gasteiger partial charge in [0.1, 0.15) is 0 Å². The number of amides is 1. The van der Waals surface area contributed by atoms with Crippen LogP contribution in [-0.4, -0.2) is 39.3 Å². The third kappa shape index (κ3) is 3.43. The normalized spacial score (nSPS) is 36.6. The first-order valence-electron chi connectivity index (χ1n) is 10.9. The molecule has 1 saturated heterocycles. The molecule has 4 aliphatic carbocycles. The van der Waals surface area contributed by atoms with E-state index in [1.165, 1.54) is 63.1 Å². The molecule has 1 aromatic rings. The number of carbonyl (C=O) groups excluding carboxylic acids is 1. The number of likely N-dealkylation sites (tertiary alicyclic amines) is 1. The Balaban J connectivity index is 1.26. The van der Waals surface area contributed by atoms with Crippen molar-refractivity contribution in [1.82, 2.24) is 15.1 Å². The van der Waals surface area contributed by atoms with E-state index in [0.717, 1.165) is 49.6 Å². The quantitative estimate of drug-likeness (QED) is 0.714. The van der Waals surface area contributed by atoms with Crippen molar-refractivity contribution < 1.29 is 9.21 Å². The molecular formula is C21H31N3O2S. The van der Waals surface area contributed by atoms with Crippen LogP contribution in [-0.2, 0) is 10.2 Å². The molecule has 6 heteroatoms. The summed E-state index contributed by atoms with van der Waals surface area (Å²) in [6, 6.07) is 0. The van der Waals surface area contributed by atoms with Crippen LogP contribution >= 0.6 is 11.8 Å². The predicted molar refractivity (Wildman–Crippen MR) is 105 cm³/mol. The van der Waals surface area contributed by atoms with E-state index in [4.69, 9.17) is 4.42 Å². The van der Waals surface area contributed by atoms with Crippen LogP contribution in [0, 0.1) is 17.8 Å². The summed E-state index contributed by atoms with van der Waals surface area (Å²) in [5.41, 5.74) is 0.137. The lowest BCUT2D eigenvalue weighted by molar-refractivity contribution is -0.130. The van der Waals surface area contributed by atoms with Crippen LogP contribution in [0.1, 0.15) is 77.0 Å². The van der Waals surface area contributed by atoms with E-state index < -0.39 is 0 Å². The molecule has 1 aromatic heterocycles. The van der Waals surface area contributed by atoms with Crippen molar-refractivity contribution >= 4 is 17.7 Å². The first-order chi connectivity index (χ1) is 13.1. The molecule has 6 rings (SSSR count). The van der Waals surface area contributed by atoms with Gasteiger partial charge in [0.2, 0.25) is 11.8 Å². The zero-order chi connectivity index (χ0) is 18.4. The molecule has 5 nitrogen and oxygen atoms in total. The Morgan fingerprint density at radius 2 is 1.63 bits per heavy atom. The summed E-state index contributed by atoms with van der Waals surface area (Å²) in [4.78, 5) is 14.8. The average Bonchev–Trinajstić information content (AvgIpc) is 2.94. The van der Waals surface area contributed by atoms with Crippen molar-refractivity contribution in [2.24, 2.45) is 17.8 Å². The van der Waals surface area contributed by atoms with Gasteiger partial charge in [-0.15, -0.1) is 10.2 Å². The minimum atomic E-state index is -0.159. The Kier molecular flexibility index (Phi) is 4.73. The van der Waals surface area contributed by atoms with Gasteiger partial charge in [-0.2, -0.15) is 0 Å². The van der Waals surface area contributed by atoms with Gasteiger partial charge in [0.05, 0.1) is 5.25 Å². The van der Waals surface area contributed by atoms with Crippen LogP contribution in [0.3, 0.4) is 0 Å². The number of hydrogen-bond donors (Lipinski definition) is 0. The number of thioether (sulfide) groups is 1. The van der Waals surface area contributed by atoms with E-state index in [2.05, 4.69) is 10.2 Å². The van der Waals surface area contributed by atoms with Gasteiger partial charge >= 0.3 is 0 Å². The Labute approximate surface area is 166 Å². The molecule has 2 heterocycles. The maximum atomic E-state index is 12.8. The minimum Gasteiger partial charge on any atom is -0.415 e. The smallest absolute Gasteiger partial charge is 0.277 e. The van der Waals surface area contributed by atoms with Gasteiger partial charge in [-0.1, -0.05) is 24.6 Å². The molecule has 0 N–H and O–H groups in total. The number of rotatable bonds is 4. The summed E-state index contributed by atoms with van der Waals surface area (Å²) in [7, 11) is 0. The fourth-order valence-electron chi connectivity index (χ4n) is 6.59. The molecule has 0 spiro atoms. The van der Waals surface area contributed by atoms with E-state index in [1.807, 2.05) is 11.8 Å². The summed E-state index contributed by atoms with van der Waals surface area (Å²) in [6.45, 7) is 3.77. The summed E-state index contributed by atoms with van der Waals surface area (Å²) in [5, 5.41) is 9.24. The van der Waals surface area contributed by atoms with Crippen LogP contribution in [0.15, 0.2) is 9.64 Å². The Hall–Kier alpha value is -1.04. The van der Waals surface area contributed by atoms with Gasteiger partial charge in [-0.25, -0.2) is 0 Å². The number of aromatic nitrogens is 2. The van der Waals surface area contributed by atoms with Gasteiger partial charge in [-0.05, 0) is 76.0 Å². The molecule has 27 heavy (non-hydrogen) atoms. The van der Waals surface area contributed by atoms with Gasteiger partial charge in [-0.3, -0.25) is 4.79 Å². The topological polar surface area (TPSA) is 59.2 Å². The second-order valence-electron chi connectivity index (χ2n) is 9.57. The minimum absolute atomic E-state index is 0.137. The van der Waals surface area contributed by atoms with Gasteiger partial charge in [0, 0.05) is 18.5 Å². The van der Waals surface area contributed by atoms with Crippen LogP contribution in [0.5, 0.6) is 0 Å². The van der Waals surface area contributed by atoms with Crippen molar-refractivity contribution in [1.29, 1.82) is 0 Å². The largest absolute Gasteiger partial charge is 0.415 e. The lowest BCUT2D eigenvalue weighted by Gasteiger charge is -2.55. The number of carbonyl (C=O) groups is 1. The van der Waals surface area contributed by atoms with Crippen LogP contribution in [0.4, 0.5) is 0 Å². The standard InChI is InChI=1S/C21H31N3O2S/c1-14(18(25)24-6-4-2-3-5-7-24)27-20-23-22-19(26-20)21-11-15-8-16(12-21)10-17(9-15)13-21/h14-17H,2-13H2,1H3/t14-,15?,16?,17?,21?/m0/s1. The molecular weight excluding hydrogens is 358 g/mol. The molecule has 1 amide bonds. The maximum Gasteiger partial charge on any atom is 0.277 e. The molecule has 0 radical (unpaired) electrons. The Morgan fingerprint density at radius 1 is 1.04 bits per heavy atom. The summed E-state index contributed by atoms with van der Waals surface area (Å²) in [5.74, 6) is 3.67. The molecule has 5 aliphatic rings. The molecule has 148 valence electrons. The van der Waals surface area contributed by atoms with Crippen LogP contribution in [0.25, 0.3) is 0 Å². The van der Waals surface area contributed by atoms with Crippen molar-refractivity contribution in [2.75, 3.05) is 13.1 Å². The first kappa shape index (κ1) is 18.0. The lowest BCUT2D eigenvalue weighted by atomic mass is 9.49. The first-order valence-corrected chi connectivity index (χ1v) is 11.8. The van der Waals surface area contributed by atoms with E-state index in [-0.39, 0.29) is 16.6 Å². The van der Waals surface area contributed by atoms with Crippen molar-refractivity contribution in [3.05, 3.63) is 5.89 Å². The highest BCUT2D eigenvalue weighted by Crippen LogP contribution is 2.60. The van der Waals surface area contributed by atoms with Crippen molar-refractivity contribution in [3.8, 4) is 0 Å². The highest BCUT2D eigenvalue weighted by molar-refractivity contribution is 8.00. The molecule has 0 aromatic carbocycles. The third-order valence-corrected chi connectivity index (χ3v) is 8.36. The van der Waals surface area contributed by atoms with Crippen molar-refractivity contribution in [3.63, 3.8) is 0 Å². The van der Waals surface area contributed by atoms with Crippen LogP contribution < -0.4 is 0 Å². The molecule has 4 bridgehead atoms. The molecule has 1 atom stereocenters. The number of nitrogens with zero attached hydrogens (tertiary/aromatic N) is 3. The average molecular weight is 390 g/mol. The summed E-state index contributed by atoms with van der Waals surface area (Å²) >= 11 is 1.45. The van der Waals surface area contributed by atoms with Gasteiger partial charge in [0.25, 0.3) is 5.22 Å². The summed E-state index contributed by atoms with van der Waals surface area (Å²) in [6.07, 6.45) is 12.7. The molecule has 0 unspecified atom stereocenters. The maximum absolute atomic E-state index is 12.8. The highest BCUT2D eigenvalue weighted by atomic mass is 32.2. The van der Waals surface area contributed by atoms with E-state index in [9.17, 15) is 4.79 Å². The second-order valence-corrected chi connectivity index (χ2v) is 10.9. The summed E-state index contributed by atoms with van der Waals surface area (Å²) < 4.78 is 6.17.